The number of carbonyl (C=O) groups is 1. The zero-order valence-corrected chi connectivity index (χ0v) is 12.6. The zero-order chi connectivity index (χ0) is 15.0. The molecule has 0 unspecified atom stereocenters. The van der Waals surface area contributed by atoms with Crippen molar-refractivity contribution in [1.82, 2.24) is 9.88 Å². The van der Waals surface area contributed by atoms with E-state index >= 15 is 0 Å². The molecule has 0 radical (unpaired) electrons. The van der Waals surface area contributed by atoms with Gasteiger partial charge in [0.2, 0.25) is 0 Å². The van der Waals surface area contributed by atoms with Gasteiger partial charge in [-0.15, -0.1) is 0 Å². The summed E-state index contributed by atoms with van der Waals surface area (Å²) in [6, 6.07) is 6.42. The zero-order valence-electron chi connectivity index (χ0n) is 12.6. The number of hydrogen-bond acceptors (Lipinski definition) is 2. The summed E-state index contributed by atoms with van der Waals surface area (Å²) in [7, 11) is 0. The number of carboxylic acid groups (broad SMARTS) is 1. The molecule has 1 saturated carbocycles. The van der Waals surface area contributed by atoms with E-state index in [1.54, 1.807) is 6.07 Å². The molecule has 0 spiro atoms. The Hall–Kier alpha value is -1.81. The molecule has 4 nitrogen and oxygen atoms in total. The predicted octanol–water partition coefficient (Wildman–Crippen LogP) is 3.56. The van der Waals surface area contributed by atoms with Crippen LogP contribution in [0.2, 0.25) is 0 Å². The molecule has 1 aromatic heterocycles. The van der Waals surface area contributed by atoms with Gasteiger partial charge < -0.3 is 15.0 Å². The van der Waals surface area contributed by atoms with Crippen molar-refractivity contribution in [2.45, 2.75) is 51.7 Å². The van der Waals surface area contributed by atoms with Crippen LogP contribution in [0.3, 0.4) is 0 Å². The lowest BCUT2D eigenvalue weighted by Gasteiger charge is -2.26. The average molecular weight is 286 g/mol. The van der Waals surface area contributed by atoms with E-state index in [4.69, 9.17) is 0 Å². The number of para-hydroxylation sites is 1. The molecular formula is C17H22N2O2. The lowest BCUT2D eigenvalue weighted by Crippen LogP contribution is -2.34. The third-order valence-electron chi connectivity index (χ3n) is 4.41. The molecular weight excluding hydrogens is 264 g/mol. The SMILES string of the molecule is CC(C)n1cc(CNC2CCC2)c2cccc(C(=O)O)c21. The van der Waals surface area contributed by atoms with E-state index in [0.717, 1.165) is 17.4 Å². The highest BCUT2D eigenvalue weighted by Crippen LogP contribution is 2.28. The second-order valence-corrected chi connectivity index (χ2v) is 6.17. The minimum absolute atomic E-state index is 0.241. The number of carboxylic acids is 1. The van der Waals surface area contributed by atoms with Crippen molar-refractivity contribution < 1.29 is 9.90 Å². The Labute approximate surface area is 124 Å². The van der Waals surface area contributed by atoms with E-state index in [1.807, 2.05) is 12.1 Å². The van der Waals surface area contributed by atoms with Crippen molar-refractivity contribution in [2.24, 2.45) is 0 Å². The minimum Gasteiger partial charge on any atom is -0.478 e. The Bertz CT molecular complexity index is 669. The van der Waals surface area contributed by atoms with Gasteiger partial charge in [-0.25, -0.2) is 4.79 Å². The highest BCUT2D eigenvalue weighted by atomic mass is 16.4. The lowest BCUT2D eigenvalue weighted by molar-refractivity contribution is 0.0698. The Balaban J connectivity index is 2.04. The first-order chi connectivity index (χ1) is 10.1. The fourth-order valence-corrected chi connectivity index (χ4v) is 2.97. The highest BCUT2D eigenvalue weighted by molar-refractivity contribution is 6.03. The van der Waals surface area contributed by atoms with Crippen LogP contribution in [0.25, 0.3) is 10.9 Å². The van der Waals surface area contributed by atoms with Gasteiger partial charge in [-0.1, -0.05) is 18.6 Å². The average Bonchev–Trinajstić information content (AvgIpc) is 2.76. The van der Waals surface area contributed by atoms with Gasteiger partial charge in [-0.05, 0) is 38.3 Å². The quantitative estimate of drug-likeness (QED) is 0.883. The van der Waals surface area contributed by atoms with Crippen LogP contribution in [-0.4, -0.2) is 21.7 Å². The van der Waals surface area contributed by atoms with Crippen LogP contribution >= 0.6 is 0 Å². The number of rotatable bonds is 5. The molecule has 1 heterocycles. The number of nitrogens with zero attached hydrogens (tertiary/aromatic N) is 1. The van der Waals surface area contributed by atoms with Crippen molar-refractivity contribution in [2.75, 3.05) is 0 Å². The van der Waals surface area contributed by atoms with Crippen LogP contribution in [0.15, 0.2) is 24.4 Å². The standard InChI is InChI=1S/C17H22N2O2/c1-11(2)19-10-12(9-18-13-5-3-6-13)14-7-4-8-15(16(14)19)17(20)21/h4,7-8,10-11,13,18H,3,5-6,9H2,1-2H3,(H,20,21). The van der Waals surface area contributed by atoms with Gasteiger partial charge in [0.25, 0.3) is 0 Å². The van der Waals surface area contributed by atoms with E-state index in [2.05, 4.69) is 29.9 Å². The summed E-state index contributed by atoms with van der Waals surface area (Å²) in [6.07, 6.45) is 5.93. The minimum atomic E-state index is -0.862. The van der Waals surface area contributed by atoms with E-state index in [9.17, 15) is 9.90 Å². The predicted molar refractivity (Wildman–Crippen MR) is 83.8 cm³/mol. The maximum absolute atomic E-state index is 11.5. The normalized spacial score (nSPS) is 15.6. The number of hydrogen-bond donors (Lipinski definition) is 2. The molecule has 21 heavy (non-hydrogen) atoms. The molecule has 1 aliphatic rings. The number of aromatic carboxylic acids is 1. The van der Waals surface area contributed by atoms with Crippen LogP contribution in [0.4, 0.5) is 0 Å². The number of aromatic nitrogens is 1. The molecule has 0 saturated heterocycles. The Morgan fingerprint density at radius 3 is 2.76 bits per heavy atom. The smallest absolute Gasteiger partial charge is 0.337 e. The topological polar surface area (TPSA) is 54.3 Å². The van der Waals surface area contributed by atoms with Crippen LogP contribution in [0.5, 0.6) is 0 Å². The van der Waals surface area contributed by atoms with Gasteiger partial charge in [0, 0.05) is 30.2 Å². The first kappa shape index (κ1) is 14.1. The third kappa shape index (κ3) is 2.56. The maximum Gasteiger partial charge on any atom is 0.337 e. The summed E-state index contributed by atoms with van der Waals surface area (Å²) in [5, 5.41) is 14.1. The molecule has 1 aliphatic carbocycles. The molecule has 112 valence electrons. The van der Waals surface area contributed by atoms with Crippen molar-refractivity contribution in [3.63, 3.8) is 0 Å². The molecule has 2 N–H and O–H groups in total. The van der Waals surface area contributed by atoms with Gasteiger partial charge >= 0.3 is 5.97 Å². The van der Waals surface area contributed by atoms with Crippen LogP contribution < -0.4 is 5.32 Å². The monoisotopic (exact) mass is 286 g/mol. The molecule has 4 heteroatoms. The van der Waals surface area contributed by atoms with E-state index < -0.39 is 5.97 Å². The summed E-state index contributed by atoms with van der Waals surface area (Å²) < 4.78 is 2.08. The summed E-state index contributed by atoms with van der Waals surface area (Å²) in [6.45, 7) is 4.98. The first-order valence-corrected chi connectivity index (χ1v) is 7.67. The fourth-order valence-electron chi connectivity index (χ4n) is 2.97. The second kappa shape index (κ2) is 5.53. The second-order valence-electron chi connectivity index (χ2n) is 6.17. The summed E-state index contributed by atoms with van der Waals surface area (Å²) in [5.41, 5.74) is 2.41. The molecule has 0 amide bonds. The largest absolute Gasteiger partial charge is 0.478 e. The molecule has 3 rings (SSSR count). The van der Waals surface area contributed by atoms with Crippen LogP contribution in [0, 0.1) is 0 Å². The number of nitrogens with one attached hydrogen (secondary N) is 1. The molecule has 1 fully saturated rings. The van der Waals surface area contributed by atoms with E-state index in [0.29, 0.717) is 11.6 Å². The summed E-state index contributed by atoms with van der Waals surface area (Å²) in [4.78, 5) is 11.5. The lowest BCUT2D eigenvalue weighted by atomic mass is 9.93. The van der Waals surface area contributed by atoms with Crippen LogP contribution in [0.1, 0.15) is 55.1 Å². The molecule has 0 bridgehead atoms. The summed E-state index contributed by atoms with van der Waals surface area (Å²) >= 11 is 0. The van der Waals surface area contributed by atoms with Crippen LogP contribution in [-0.2, 0) is 6.54 Å². The Morgan fingerprint density at radius 1 is 1.43 bits per heavy atom. The molecule has 2 aromatic rings. The van der Waals surface area contributed by atoms with E-state index in [-0.39, 0.29) is 6.04 Å². The maximum atomic E-state index is 11.5. The van der Waals surface area contributed by atoms with Gasteiger partial charge in [-0.3, -0.25) is 0 Å². The van der Waals surface area contributed by atoms with Crippen molar-refractivity contribution >= 4 is 16.9 Å². The first-order valence-electron chi connectivity index (χ1n) is 7.67. The van der Waals surface area contributed by atoms with Crippen molar-refractivity contribution in [1.29, 1.82) is 0 Å². The van der Waals surface area contributed by atoms with Gasteiger partial charge in [0.1, 0.15) is 0 Å². The Kier molecular flexibility index (Phi) is 3.72. The molecule has 1 aromatic carbocycles. The molecule has 0 atom stereocenters. The fraction of sp³-hybridized carbons (Fsp3) is 0.471. The highest BCUT2D eigenvalue weighted by Gasteiger charge is 2.20. The van der Waals surface area contributed by atoms with Gasteiger partial charge in [0.15, 0.2) is 0 Å². The number of fused-ring (bicyclic) bond motifs is 1. The summed E-state index contributed by atoms with van der Waals surface area (Å²) in [5.74, 6) is -0.862. The van der Waals surface area contributed by atoms with Crippen molar-refractivity contribution in [3.8, 4) is 0 Å². The molecule has 0 aliphatic heterocycles. The van der Waals surface area contributed by atoms with Crippen molar-refractivity contribution in [3.05, 3.63) is 35.5 Å². The van der Waals surface area contributed by atoms with Gasteiger partial charge in [-0.2, -0.15) is 0 Å². The van der Waals surface area contributed by atoms with Gasteiger partial charge in [0.05, 0.1) is 11.1 Å². The van der Waals surface area contributed by atoms with E-state index in [1.165, 1.54) is 24.8 Å². The Morgan fingerprint density at radius 2 is 2.19 bits per heavy atom. The number of benzene rings is 1. The third-order valence-corrected chi connectivity index (χ3v) is 4.41.